The van der Waals surface area contributed by atoms with Crippen LogP contribution in [0.5, 0.6) is 0 Å². The van der Waals surface area contributed by atoms with Crippen LogP contribution in [-0.4, -0.2) is 11.0 Å². The van der Waals surface area contributed by atoms with Gasteiger partial charge >= 0.3 is 0 Å². The van der Waals surface area contributed by atoms with E-state index < -0.39 is 12.0 Å². The lowest BCUT2D eigenvalue weighted by Crippen LogP contribution is -2.20. The average Bonchev–Trinajstić information content (AvgIpc) is 2.48. The van der Waals surface area contributed by atoms with E-state index in [0.29, 0.717) is 17.2 Å². The summed E-state index contributed by atoms with van der Waals surface area (Å²) in [6, 6.07) is 16.6. The lowest BCUT2D eigenvalue weighted by atomic mass is 10.0. The molecule has 0 saturated heterocycles. The standard InChI is InChI=1S/C17H19NO2/c1-12(2)13-8-10-15(11-9-13)18-17(20)16(19)14-6-4-3-5-7-14/h3-12,16,19H,1-2H3,(H,18,20). The summed E-state index contributed by atoms with van der Waals surface area (Å²) in [5, 5.41) is 12.7. The molecule has 0 aromatic heterocycles. The van der Waals surface area contributed by atoms with E-state index in [2.05, 4.69) is 19.2 Å². The molecule has 2 aromatic carbocycles. The number of amides is 1. The fraction of sp³-hybridized carbons (Fsp3) is 0.235. The van der Waals surface area contributed by atoms with Gasteiger partial charge in [-0.05, 0) is 29.2 Å². The van der Waals surface area contributed by atoms with E-state index in [1.807, 2.05) is 30.3 Å². The highest BCUT2D eigenvalue weighted by molar-refractivity contribution is 5.94. The Morgan fingerprint density at radius 2 is 1.55 bits per heavy atom. The molecule has 0 fully saturated rings. The molecule has 3 nitrogen and oxygen atoms in total. The van der Waals surface area contributed by atoms with E-state index in [1.54, 1.807) is 24.3 Å². The van der Waals surface area contributed by atoms with Gasteiger partial charge in [0.15, 0.2) is 6.10 Å². The van der Waals surface area contributed by atoms with Gasteiger partial charge in [-0.1, -0.05) is 56.3 Å². The van der Waals surface area contributed by atoms with E-state index in [1.165, 1.54) is 5.56 Å². The van der Waals surface area contributed by atoms with Crippen molar-refractivity contribution in [3.8, 4) is 0 Å². The van der Waals surface area contributed by atoms with E-state index in [9.17, 15) is 9.90 Å². The maximum Gasteiger partial charge on any atom is 0.257 e. The maximum atomic E-state index is 12.0. The largest absolute Gasteiger partial charge is 0.378 e. The van der Waals surface area contributed by atoms with Crippen molar-refractivity contribution in [2.75, 3.05) is 5.32 Å². The van der Waals surface area contributed by atoms with E-state index in [-0.39, 0.29) is 0 Å². The smallest absolute Gasteiger partial charge is 0.257 e. The van der Waals surface area contributed by atoms with Crippen LogP contribution in [-0.2, 0) is 4.79 Å². The van der Waals surface area contributed by atoms with Gasteiger partial charge in [0.05, 0.1) is 0 Å². The topological polar surface area (TPSA) is 49.3 Å². The Labute approximate surface area is 119 Å². The second kappa shape index (κ2) is 6.35. The average molecular weight is 269 g/mol. The lowest BCUT2D eigenvalue weighted by Gasteiger charge is -2.12. The van der Waals surface area contributed by atoms with Crippen molar-refractivity contribution in [3.63, 3.8) is 0 Å². The first-order valence-corrected chi connectivity index (χ1v) is 6.72. The molecular formula is C17H19NO2. The Hall–Kier alpha value is -2.13. The Morgan fingerprint density at radius 3 is 2.10 bits per heavy atom. The van der Waals surface area contributed by atoms with Crippen LogP contribution >= 0.6 is 0 Å². The second-order valence-corrected chi connectivity index (χ2v) is 5.08. The van der Waals surface area contributed by atoms with Crippen molar-refractivity contribution in [1.29, 1.82) is 0 Å². The zero-order chi connectivity index (χ0) is 14.5. The summed E-state index contributed by atoms with van der Waals surface area (Å²) >= 11 is 0. The summed E-state index contributed by atoms with van der Waals surface area (Å²) in [6.07, 6.45) is -1.15. The number of carbonyl (C=O) groups excluding carboxylic acids is 1. The van der Waals surface area contributed by atoms with Gasteiger partial charge in [-0.3, -0.25) is 4.79 Å². The third-order valence-electron chi connectivity index (χ3n) is 3.21. The third kappa shape index (κ3) is 3.45. The van der Waals surface area contributed by atoms with Crippen LogP contribution < -0.4 is 5.32 Å². The fourth-order valence-electron chi connectivity index (χ4n) is 1.95. The molecule has 104 valence electrons. The second-order valence-electron chi connectivity index (χ2n) is 5.08. The summed E-state index contributed by atoms with van der Waals surface area (Å²) in [6.45, 7) is 4.24. The van der Waals surface area contributed by atoms with Gasteiger partial charge in [0.25, 0.3) is 5.91 Å². The van der Waals surface area contributed by atoms with Crippen LogP contribution in [0.4, 0.5) is 5.69 Å². The van der Waals surface area contributed by atoms with Crippen molar-refractivity contribution >= 4 is 11.6 Å². The summed E-state index contributed by atoms with van der Waals surface area (Å²) in [5.74, 6) is 0.0307. The summed E-state index contributed by atoms with van der Waals surface area (Å²) in [5.41, 5.74) is 2.49. The van der Waals surface area contributed by atoms with Crippen molar-refractivity contribution < 1.29 is 9.90 Å². The summed E-state index contributed by atoms with van der Waals surface area (Å²) in [4.78, 5) is 12.0. The Balaban J connectivity index is 2.04. The van der Waals surface area contributed by atoms with Gasteiger partial charge < -0.3 is 10.4 Å². The highest BCUT2D eigenvalue weighted by atomic mass is 16.3. The van der Waals surface area contributed by atoms with Gasteiger partial charge in [0.2, 0.25) is 0 Å². The number of carbonyl (C=O) groups is 1. The predicted octanol–water partition coefficient (Wildman–Crippen LogP) is 3.48. The van der Waals surface area contributed by atoms with Crippen LogP contribution in [0.2, 0.25) is 0 Å². The monoisotopic (exact) mass is 269 g/mol. The van der Waals surface area contributed by atoms with Gasteiger partial charge in [-0.15, -0.1) is 0 Å². The molecule has 0 heterocycles. The highest BCUT2D eigenvalue weighted by Gasteiger charge is 2.16. The molecule has 3 heteroatoms. The van der Waals surface area contributed by atoms with Crippen LogP contribution in [0, 0.1) is 0 Å². The zero-order valence-electron chi connectivity index (χ0n) is 11.7. The molecule has 2 N–H and O–H groups in total. The number of aliphatic hydroxyl groups excluding tert-OH is 1. The first-order chi connectivity index (χ1) is 9.58. The minimum Gasteiger partial charge on any atom is -0.378 e. The molecule has 0 aliphatic rings. The van der Waals surface area contributed by atoms with Crippen LogP contribution in [0.3, 0.4) is 0 Å². The van der Waals surface area contributed by atoms with Crippen molar-refractivity contribution in [3.05, 3.63) is 65.7 Å². The number of aliphatic hydroxyl groups is 1. The Bertz CT molecular complexity index is 561. The molecule has 1 unspecified atom stereocenters. The SMILES string of the molecule is CC(C)c1ccc(NC(=O)C(O)c2ccccc2)cc1. The first-order valence-electron chi connectivity index (χ1n) is 6.72. The first kappa shape index (κ1) is 14.3. The molecule has 0 aliphatic heterocycles. The molecule has 0 bridgehead atoms. The minimum absolute atomic E-state index is 0.423. The summed E-state index contributed by atoms with van der Waals surface area (Å²) < 4.78 is 0. The molecule has 2 aromatic rings. The van der Waals surface area contributed by atoms with E-state index in [4.69, 9.17) is 0 Å². The van der Waals surface area contributed by atoms with Crippen molar-refractivity contribution in [2.45, 2.75) is 25.9 Å². The number of hydrogen-bond acceptors (Lipinski definition) is 2. The van der Waals surface area contributed by atoms with E-state index >= 15 is 0 Å². The van der Waals surface area contributed by atoms with Crippen LogP contribution in [0.25, 0.3) is 0 Å². The number of anilines is 1. The lowest BCUT2D eigenvalue weighted by molar-refractivity contribution is -0.124. The molecule has 2 rings (SSSR count). The minimum atomic E-state index is -1.15. The molecule has 0 radical (unpaired) electrons. The molecule has 1 atom stereocenters. The molecular weight excluding hydrogens is 250 g/mol. The van der Waals surface area contributed by atoms with Gasteiger partial charge in [0, 0.05) is 5.69 Å². The Kier molecular flexibility index (Phi) is 4.53. The molecule has 0 saturated carbocycles. The van der Waals surface area contributed by atoms with Crippen LogP contribution in [0.15, 0.2) is 54.6 Å². The van der Waals surface area contributed by atoms with Crippen LogP contribution in [0.1, 0.15) is 37.0 Å². The molecule has 0 aliphatic carbocycles. The number of rotatable bonds is 4. The van der Waals surface area contributed by atoms with Crippen molar-refractivity contribution in [2.24, 2.45) is 0 Å². The van der Waals surface area contributed by atoms with Gasteiger partial charge in [-0.2, -0.15) is 0 Å². The number of nitrogens with one attached hydrogen (secondary N) is 1. The third-order valence-corrected chi connectivity index (χ3v) is 3.21. The Morgan fingerprint density at radius 1 is 0.950 bits per heavy atom. The van der Waals surface area contributed by atoms with Crippen molar-refractivity contribution in [1.82, 2.24) is 0 Å². The number of benzene rings is 2. The molecule has 0 spiro atoms. The quantitative estimate of drug-likeness (QED) is 0.892. The van der Waals surface area contributed by atoms with Gasteiger partial charge in [0.1, 0.15) is 0 Å². The fourth-order valence-corrected chi connectivity index (χ4v) is 1.95. The summed E-state index contributed by atoms with van der Waals surface area (Å²) in [7, 11) is 0. The zero-order valence-corrected chi connectivity index (χ0v) is 11.7. The maximum absolute atomic E-state index is 12.0. The van der Waals surface area contributed by atoms with E-state index in [0.717, 1.165) is 0 Å². The highest BCUT2D eigenvalue weighted by Crippen LogP contribution is 2.19. The molecule has 20 heavy (non-hydrogen) atoms. The predicted molar refractivity (Wildman–Crippen MR) is 80.6 cm³/mol. The number of hydrogen-bond donors (Lipinski definition) is 2. The normalized spacial score (nSPS) is 12.2. The van der Waals surface area contributed by atoms with Gasteiger partial charge in [-0.25, -0.2) is 0 Å². The molecule has 1 amide bonds.